The number of ether oxygens (including phenoxy) is 1. The van der Waals surface area contributed by atoms with Crippen LogP contribution in [0, 0.1) is 5.92 Å². The Morgan fingerprint density at radius 3 is 2.80 bits per heavy atom. The Hall–Kier alpha value is -3.00. The molecule has 1 saturated carbocycles. The summed E-state index contributed by atoms with van der Waals surface area (Å²) in [4.78, 5) is 25.2. The maximum atomic E-state index is 11.6. The van der Waals surface area contributed by atoms with Crippen molar-refractivity contribution in [3.05, 3.63) is 42.4 Å². The summed E-state index contributed by atoms with van der Waals surface area (Å²) in [6, 6.07) is 6.02. The van der Waals surface area contributed by atoms with E-state index in [0.717, 1.165) is 47.4 Å². The number of anilines is 3. The molecule has 7 nitrogen and oxygen atoms in total. The number of hydrogen-bond acceptors (Lipinski definition) is 8. The van der Waals surface area contributed by atoms with Crippen molar-refractivity contribution >= 4 is 44.8 Å². The molecule has 3 aromatic rings. The Bertz CT molecular complexity index is 1030. The zero-order chi connectivity index (χ0) is 20.9. The number of hydrogen-bond donors (Lipinski definition) is 2. The lowest BCUT2D eigenvalue weighted by atomic mass is 9.83. The second kappa shape index (κ2) is 9.21. The number of ketones is 1. The van der Waals surface area contributed by atoms with E-state index in [-0.39, 0.29) is 5.78 Å². The average Bonchev–Trinajstić information content (AvgIpc) is 3.24. The summed E-state index contributed by atoms with van der Waals surface area (Å²) in [5, 5.41) is 8.88. The van der Waals surface area contributed by atoms with Gasteiger partial charge >= 0.3 is 0 Å². The van der Waals surface area contributed by atoms with Crippen LogP contribution in [0.15, 0.2) is 42.4 Å². The SMILES string of the molecule is C=CC(=O)CC1CCC(Nc2nc(Nc3ccc(OC)nc3)nc3ccsc23)CC1. The number of methoxy groups -OCH3 is 1. The van der Waals surface area contributed by atoms with Crippen LogP contribution in [0.3, 0.4) is 0 Å². The van der Waals surface area contributed by atoms with Gasteiger partial charge in [0.2, 0.25) is 11.8 Å². The number of allylic oxidation sites excluding steroid dienone is 1. The molecular formula is C22H25N5O2S. The molecule has 0 unspecified atom stereocenters. The Morgan fingerprint density at radius 1 is 1.27 bits per heavy atom. The number of thiophene rings is 1. The third-order valence-electron chi connectivity index (χ3n) is 5.41. The van der Waals surface area contributed by atoms with Crippen LogP contribution >= 0.6 is 11.3 Å². The van der Waals surface area contributed by atoms with Crippen LogP contribution in [-0.2, 0) is 4.79 Å². The number of carbonyl (C=O) groups is 1. The number of carbonyl (C=O) groups excluding carboxylic acids is 1. The molecule has 0 aromatic carbocycles. The molecule has 0 saturated heterocycles. The van der Waals surface area contributed by atoms with E-state index in [0.29, 0.717) is 30.2 Å². The maximum absolute atomic E-state index is 11.6. The predicted octanol–water partition coefficient (Wildman–Crippen LogP) is 4.95. The summed E-state index contributed by atoms with van der Waals surface area (Å²) in [6.07, 6.45) is 7.87. The first kappa shape index (κ1) is 20.3. The van der Waals surface area contributed by atoms with Crippen LogP contribution < -0.4 is 15.4 Å². The van der Waals surface area contributed by atoms with Crippen molar-refractivity contribution in [1.29, 1.82) is 0 Å². The lowest BCUT2D eigenvalue weighted by Crippen LogP contribution is -2.27. The van der Waals surface area contributed by atoms with Crippen LogP contribution in [0.2, 0.25) is 0 Å². The number of pyridine rings is 1. The van der Waals surface area contributed by atoms with Gasteiger partial charge in [0.05, 0.1) is 29.2 Å². The number of nitrogens with zero attached hydrogens (tertiary/aromatic N) is 3. The Balaban J connectivity index is 1.46. The van der Waals surface area contributed by atoms with Crippen LogP contribution in [0.1, 0.15) is 32.1 Å². The van der Waals surface area contributed by atoms with Crippen LogP contribution in [-0.4, -0.2) is 33.9 Å². The lowest BCUT2D eigenvalue weighted by molar-refractivity contribution is -0.115. The molecule has 4 rings (SSSR count). The van der Waals surface area contributed by atoms with Crippen molar-refractivity contribution in [1.82, 2.24) is 15.0 Å². The summed E-state index contributed by atoms with van der Waals surface area (Å²) in [6.45, 7) is 3.58. The Morgan fingerprint density at radius 2 is 2.10 bits per heavy atom. The van der Waals surface area contributed by atoms with Crippen molar-refractivity contribution in [2.45, 2.75) is 38.1 Å². The fourth-order valence-corrected chi connectivity index (χ4v) is 4.58. The van der Waals surface area contributed by atoms with Gasteiger partial charge < -0.3 is 15.4 Å². The summed E-state index contributed by atoms with van der Waals surface area (Å²) in [7, 11) is 1.59. The molecule has 1 aliphatic rings. The monoisotopic (exact) mass is 423 g/mol. The minimum atomic E-state index is 0.145. The van der Waals surface area contributed by atoms with Crippen molar-refractivity contribution in [3.63, 3.8) is 0 Å². The smallest absolute Gasteiger partial charge is 0.229 e. The second-order valence-corrected chi connectivity index (χ2v) is 8.40. The normalized spacial score (nSPS) is 18.7. The molecule has 1 fully saturated rings. The summed E-state index contributed by atoms with van der Waals surface area (Å²) in [5.74, 6) is 2.54. The molecular weight excluding hydrogens is 398 g/mol. The van der Waals surface area contributed by atoms with E-state index < -0.39 is 0 Å². The van der Waals surface area contributed by atoms with Crippen molar-refractivity contribution in [2.75, 3.05) is 17.7 Å². The van der Waals surface area contributed by atoms with E-state index in [2.05, 4.69) is 27.2 Å². The highest BCUT2D eigenvalue weighted by atomic mass is 32.1. The predicted molar refractivity (Wildman–Crippen MR) is 121 cm³/mol. The van der Waals surface area contributed by atoms with Gasteiger partial charge in [-0.3, -0.25) is 4.79 Å². The maximum Gasteiger partial charge on any atom is 0.229 e. The molecule has 0 amide bonds. The molecule has 0 aliphatic heterocycles. The summed E-state index contributed by atoms with van der Waals surface area (Å²) >= 11 is 1.63. The van der Waals surface area contributed by atoms with Gasteiger partial charge in [0, 0.05) is 18.5 Å². The summed E-state index contributed by atoms with van der Waals surface area (Å²) < 4.78 is 6.16. The number of rotatable bonds is 8. The highest BCUT2D eigenvalue weighted by Crippen LogP contribution is 2.33. The molecule has 0 spiro atoms. The molecule has 1 aliphatic carbocycles. The van der Waals surface area contributed by atoms with Crippen molar-refractivity contribution in [3.8, 4) is 5.88 Å². The minimum absolute atomic E-state index is 0.145. The van der Waals surface area contributed by atoms with Gasteiger partial charge in [0.1, 0.15) is 5.82 Å². The molecule has 0 atom stereocenters. The Kier molecular flexibility index (Phi) is 6.23. The molecule has 156 valence electrons. The molecule has 3 heterocycles. The zero-order valence-electron chi connectivity index (χ0n) is 16.9. The van der Waals surface area contributed by atoms with Gasteiger partial charge in [0.15, 0.2) is 5.78 Å². The number of nitrogens with one attached hydrogen (secondary N) is 2. The molecule has 0 radical (unpaired) electrons. The Labute approximate surface area is 179 Å². The quantitative estimate of drug-likeness (QED) is 0.495. The van der Waals surface area contributed by atoms with Gasteiger partial charge in [-0.05, 0) is 55.2 Å². The van der Waals surface area contributed by atoms with Gasteiger partial charge in [-0.1, -0.05) is 6.58 Å². The topological polar surface area (TPSA) is 89.0 Å². The first-order chi connectivity index (χ1) is 14.6. The fraction of sp³-hybridized carbons (Fsp3) is 0.364. The fourth-order valence-electron chi connectivity index (χ4n) is 3.79. The van der Waals surface area contributed by atoms with Crippen molar-refractivity contribution < 1.29 is 9.53 Å². The minimum Gasteiger partial charge on any atom is -0.481 e. The molecule has 0 bridgehead atoms. The molecule has 3 aromatic heterocycles. The second-order valence-electron chi connectivity index (χ2n) is 7.48. The van der Waals surface area contributed by atoms with E-state index >= 15 is 0 Å². The van der Waals surface area contributed by atoms with Gasteiger partial charge in [0.25, 0.3) is 0 Å². The molecule has 2 N–H and O–H groups in total. The number of aromatic nitrogens is 3. The first-order valence-electron chi connectivity index (χ1n) is 10.1. The van der Waals surface area contributed by atoms with Crippen LogP contribution in [0.25, 0.3) is 10.2 Å². The third kappa shape index (κ3) is 4.76. The highest BCUT2D eigenvalue weighted by Gasteiger charge is 2.23. The van der Waals surface area contributed by atoms with Crippen LogP contribution in [0.4, 0.5) is 17.5 Å². The van der Waals surface area contributed by atoms with Gasteiger partial charge in [-0.25, -0.2) is 9.97 Å². The highest BCUT2D eigenvalue weighted by molar-refractivity contribution is 7.17. The standard InChI is InChI=1S/C22H25N5O2S/c1-3-17(28)12-14-4-6-15(7-5-14)24-21-20-18(10-11-30-20)26-22(27-21)25-16-8-9-19(29-2)23-13-16/h3,8-11,13-15H,1,4-7,12H2,2H3,(H2,24,25,26,27). The van der Waals surface area contributed by atoms with E-state index in [1.165, 1.54) is 6.08 Å². The zero-order valence-corrected chi connectivity index (χ0v) is 17.7. The number of fused-ring (bicyclic) bond motifs is 1. The van der Waals surface area contributed by atoms with E-state index in [1.807, 2.05) is 17.5 Å². The lowest BCUT2D eigenvalue weighted by Gasteiger charge is -2.29. The average molecular weight is 424 g/mol. The van der Waals surface area contributed by atoms with Crippen LogP contribution in [0.5, 0.6) is 5.88 Å². The van der Waals surface area contributed by atoms with E-state index in [9.17, 15) is 4.79 Å². The molecule has 30 heavy (non-hydrogen) atoms. The third-order valence-corrected chi connectivity index (χ3v) is 6.32. The van der Waals surface area contributed by atoms with Gasteiger partial charge in [-0.15, -0.1) is 11.3 Å². The van der Waals surface area contributed by atoms with E-state index in [1.54, 1.807) is 30.7 Å². The summed E-state index contributed by atoms with van der Waals surface area (Å²) in [5.41, 5.74) is 1.70. The molecule has 8 heteroatoms. The van der Waals surface area contributed by atoms with Gasteiger partial charge in [-0.2, -0.15) is 4.98 Å². The first-order valence-corrected chi connectivity index (χ1v) is 11.0. The largest absolute Gasteiger partial charge is 0.481 e. The van der Waals surface area contributed by atoms with E-state index in [4.69, 9.17) is 9.72 Å². The van der Waals surface area contributed by atoms with Crippen molar-refractivity contribution in [2.24, 2.45) is 5.92 Å².